The van der Waals surface area contributed by atoms with Gasteiger partial charge in [0.05, 0.1) is 0 Å². The van der Waals surface area contributed by atoms with Crippen molar-refractivity contribution in [1.29, 1.82) is 0 Å². The van der Waals surface area contributed by atoms with Crippen molar-refractivity contribution in [2.45, 2.75) is 0 Å². The molecule has 2 nitrogen and oxygen atoms in total. The van der Waals surface area contributed by atoms with E-state index >= 15 is 0 Å². The van der Waals surface area contributed by atoms with Crippen molar-refractivity contribution >= 4 is 40.3 Å². The number of amides is 1. The van der Waals surface area contributed by atoms with Gasteiger partial charge >= 0.3 is 0 Å². The van der Waals surface area contributed by atoms with Gasteiger partial charge in [0.15, 0.2) is 0 Å². The molecule has 0 radical (unpaired) electrons. The van der Waals surface area contributed by atoms with Gasteiger partial charge in [-0.05, 0) is 52.4 Å². The van der Waals surface area contributed by atoms with Gasteiger partial charge < -0.3 is 5.32 Å². The predicted molar refractivity (Wildman–Crippen MR) is 80.9 cm³/mol. The standard InChI is InChI=1S/C15H10INO/c16-11-7-5-10(6-8-11)9-14-12-3-1-2-4-13(12)15(18)17-14/h1-9H,(H,17,18)/b14-9+. The van der Waals surface area contributed by atoms with Crippen molar-refractivity contribution in [3.63, 3.8) is 0 Å². The minimum Gasteiger partial charge on any atom is -0.321 e. The first-order chi connectivity index (χ1) is 8.74. The number of fused-ring (bicyclic) bond motifs is 1. The molecular formula is C15H10INO. The van der Waals surface area contributed by atoms with Crippen LogP contribution >= 0.6 is 22.6 Å². The Hall–Kier alpha value is -1.62. The van der Waals surface area contributed by atoms with Gasteiger partial charge in [0.2, 0.25) is 0 Å². The Morgan fingerprint density at radius 1 is 0.944 bits per heavy atom. The van der Waals surface area contributed by atoms with Crippen LogP contribution in [0.15, 0.2) is 48.5 Å². The van der Waals surface area contributed by atoms with Crippen LogP contribution in [0.1, 0.15) is 21.5 Å². The van der Waals surface area contributed by atoms with Gasteiger partial charge in [-0.15, -0.1) is 0 Å². The van der Waals surface area contributed by atoms with Crippen molar-refractivity contribution in [3.8, 4) is 0 Å². The van der Waals surface area contributed by atoms with Crippen LogP contribution in [0.3, 0.4) is 0 Å². The third kappa shape index (κ3) is 2.06. The van der Waals surface area contributed by atoms with E-state index in [0.29, 0.717) is 0 Å². The van der Waals surface area contributed by atoms with Crippen LogP contribution in [0, 0.1) is 3.57 Å². The minimum atomic E-state index is -0.0256. The maximum absolute atomic E-state index is 11.8. The number of nitrogens with one attached hydrogen (secondary N) is 1. The topological polar surface area (TPSA) is 29.1 Å². The third-order valence-corrected chi connectivity index (χ3v) is 3.61. The Labute approximate surface area is 119 Å². The molecule has 18 heavy (non-hydrogen) atoms. The lowest BCUT2D eigenvalue weighted by atomic mass is 10.1. The lowest BCUT2D eigenvalue weighted by Gasteiger charge is -2.00. The van der Waals surface area contributed by atoms with E-state index in [-0.39, 0.29) is 5.91 Å². The molecule has 1 amide bonds. The average Bonchev–Trinajstić information content (AvgIpc) is 2.70. The number of carbonyl (C=O) groups is 1. The lowest BCUT2D eigenvalue weighted by Crippen LogP contribution is -2.11. The highest BCUT2D eigenvalue weighted by Gasteiger charge is 2.22. The summed E-state index contributed by atoms with van der Waals surface area (Å²) in [7, 11) is 0. The summed E-state index contributed by atoms with van der Waals surface area (Å²) >= 11 is 2.27. The number of rotatable bonds is 1. The Morgan fingerprint density at radius 3 is 2.33 bits per heavy atom. The molecule has 1 N–H and O–H groups in total. The van der Waals surface area contributed by atoms with E-state index in [9.17, 15) is 4.79 Å². The molecule has 0 saturated carbocycles. The van der Waals surface area contributed by atoms with Crippen LogP contribution in [0.5, 0.6) is 0 Å². The Bertz CT molecular complexity index is 644. The highest BCUT2D eigenvalue weighted by molar-refractivity contribution is 14.1. The fraction of sp³-hybridized carbons (Fsp3) is 0. The van der Waals surface area contributed by atoms with Crippen LogP contribution in [0.2, 0.25) is 0 Å². The van der Waals surface area contributed by atoms with Crippen LogP contribution < -0.4 is 5.32 Å². The van der Waals surface area contributed by atoms with Crippen molar-refractivity contribution in [1.82, 2.24) is 5.32 Å². The van der Waals surface area contributed by atoms with Gasteiger partial charge in [0.25, 0.3) is 5.91 Å². The molecule has 0 aromatic heterocycles. The maximum atomic E-state index is 11.8. The van der Waals surface area contributed by atoms with E-state index in [2.05, 4.69) is 40.0 Å². The van der Waals surface area contributed by atoms with E-state index in [1.54, 1.807) is 0 Å². The van der Waals surface area contributed by atoms with Gasteiger partial charge in [-0.3, -0.25) is 4.79 Å². The fourth-order valence-corrected chi connectivity index (χ4v) is 2.37. The first kappa shape index (κ1) is 11.5. The summed E-state index contributed by atoms with van der Waals surface area (Å²) in [5.74, 6) is -0.0256. The van der Waals surface area contributed by atoms with Gasteiger partial charge in [-0.2, -0.15) is 0 Å². The van der Waals surface area contributed by atoms with Crippen LogP contribution in [-0.4, -0.2) is 5.91 Å². The fourth-order valence-electron chi connectivity index (χ4n) is 2.01. The highest BCUT2D eigenvalue weighted by Crippen LogP contribution is 2.25. The largest absolute Gasteiger partial charge is 0.321 e. The summed E-state index contributed by atoms with van der Waals surface area (Å²) in [6, 6.07) is 15.8. The third-order valence-electron chi connectivity index (χ3n) is 2.89. The molecule has 3 rings (SSSR count). The number of hydrogen-bond donors (Lipinski definition) is 1. The summed E-state index contributed by atoms with van der Waals surface area (Å²) in [6.45, 7) is 0. The molecule has 3 heteroatoms. The molecule has 0 fully saturated rings. The zero-order valence-electron chi connectivity index (χ0n) is 9.48. The van der Waals surface area contributed by atoms with Crippen LogP contribution in [0.4, 0.5) is 0 Å². The number of halogens is 1. The summed E-state index contributed by atoms with van der Waals surface area (Å²) in [6.07, 6.45) is 2.00. The monoisotopic (exact) mass is 347 g/mol. The van der Waals surface area contributed by atoms with Crippen molar-refractivity contribution in [3.05, 3.63) is 68.8 Å². The molecule has 88 valence electrons. The second-order valence-corrected chi connectivity index (χ2v) is 5.35. The van der Waals surface area contributed by atoms with Gasteiger partial charge in [0, 0.05) is 20.4 Å². The first-order valence-corrected chi connectivity index (χ1v) is 6.70. The van der Waals surface area contributed by atoms with Crippen molar-refractivity contribution in [2.75, 3.05) is 0 Å². The molecule has 0 atom stereocenters. The Kier molecular flexibility index (Phi) is 2.91. The molecule has 0 unspecified atom stereocenters. The molecule has 0 spiro atoms. The molecule has 2 aromatic carbocycles. The zero-order valence-corrected chi connectivity index (χ0v) is 11.6. The van der Waals surface area contributed by atoms with E-state index in [1.807, 2.05) is 42.5 Å². The molecule has 0 aliphatic carbocycles. The smallest absolute Gasteiger partial charge is 0.256 e. The molecule has 1 heterocycles. The molecule has 2 aromatic rings. The predicted octanol–water partition coefficient (Wildman–Crippen LogP) is 3.53. The molecular weight excluding hydrogens is 337 g/mol. The highest BCUT2D eigenvalue weighted by atomic mass is 127. The second-order valence-electron chi connectivity index (χ2n) is 4.11. The molecule has 1 aliphatic heterocycles. The first-order valence-electron chi connectivity index (χ1n) is 5.62. The average molecular weight is 347 g/mol. The molecule has 0 bridgehead atoms. The van der Waals surface area contributed by atoms with E-state index < -0.39 is 0 Å². The van der Waals surface area contributed by atoms with E-state index in [1.165, 1.54) is 3.57 Å². The quantitative estimate of drug-likeness (QED) is 0.786. The number of carbonyl (C=O) groups excluding carboxylic acids is 1. The van der Waals surface area contributed by atoms with Gasteiger partial charge in [-0.1, -0.05) is 30.3 Å². The summed E-state index contributed by atoms with van der Waals surface area (Å²) in [5, 5.41) is 2.90. The second kappa shape index (κ2) is 4.57. The van der Waals surface area contributed by atoms with E-state index in [0.717, 1.165) is 22.4 Å². The SMILES string of the molecule is O=C1N/C(=C/c2ccc(I)cc2)c2ccccc21. The minimum absolute atomic E-state index is 0.0256. The normalized spacial score (nSPS) is 15.6. The maximum Gasteiger partial charge on any atom is 0.256 e. The van der Waals surface area contributed by atoms with Crippen molar-refractivity contribution < 1.29 is 4.79 Å². The van der Waals surface area contributed by atoms with Crippen LogP contribution in [0.25, 0.3) is 11.8 Å². The van der Waals surface area contributed by atoms with Gasteiger partial charge in [0.1, 0.15) is 0 Å². The van der Waals surface area contributed by atoms with Crippen molar-refractivity contribution in [2.24, 2.45) is 0 Å². The number of hydrogen-bond acceptors (Lipinski definition) is 1. The van der Waals surface area contributed by atoms with E-state index in [4.69, 9.17) is 0 Å². The number of benzene rings is 2. The van der Waals surface area contributed by atoms with Crippen LogP contribution in [-0.2, 0) is 0 Å². The lowest BCUT2D eigenvalue weighted by molar-refractivity contribution is 0.0981. The summed E-state index contributed by atoms with van der Waals surface area (Å²) in [4.78, 5) is 11.8. The Balaban J connectivity index is 2.04. The summed E-state index contributed by atoms with van der Waals surface area (Å²) < 4.78 is 1.20. The molecule has 1 aliphatic rings. The van der Waals surface area contributed by atoms with Gasteiger partial charge in [-0.25, -0.2) is 0 Å². The zero-order chi connectivity index (χ0) is 12.5. The Morgan fingerprint density at radius 2 is 1.61 bits per heavy atom. The molecule has 0 saturated heterocycles. The summed E-state index contributed by atoms with van der Waals surface area (Å²) in [5.41, 5.74) is 3.68.